The fraction of sp³-hybridized carbons (Fsp3) is 0.429. The average molecular weight is 396 g/mol. The van der Waals surface area contributed by atoms with E-state index in [0.717, 1.165) is 35.8 Å². The van der Waals surface area contributed by atoms with Crippen molar-refractivity contribution >= 4 is 11.7 Å². The van der Waals surface area contributed by atoms with Crippen molar-refractivity contribution in [1.29, 1.82) is 0 Å². The van der Waals surface area contributed by atoms with Crippen LogP contribution >= 0.6 is 0 Å². The third-order valence-corrected chi connectivity index (χ3v) is 5.01. The summed E-state index contributed by atoms with van der Waals surface area (Å²) in [5.74, 6) is 1.04. The normalized spacial score (nSPS) is 12.3. The lowest BCUT2D eigenvalue weighted by molar-refractivity contribution is 0.0924. The molecular weight excluding hydrogens is 368 g/mol. The van der Waals surface area contributed by atoms with E-state index in [9.17, 15) is 4.79 Å². The van der Waals surface area contributed by atoms with Crippen LogP contribution in [0, 0.1) is 13.8 Å². The van der Waals surface area contributed by atoms with Crippen LogP contribution in [0.4, 0.5) is 0 Å². The molecule has 0 saturated carbocycles. The molecule has 0 aliphatic heterocycles. The summed E-state index contributed by atoms with van der Waals surface area (Å²) in [6.45, 7) is 10.2. The zero-order valence-corrected chi connectivity index (χ0v) is 17.6. The van der Waals surface area contributed by atoms with Crippen molar-refractivity contribution in [3.8, 4) is 5.75 Å². The minimum atomic E-state index is -0.312. The van der Waals surface area contributed by atoms with E-state index < -0.39 is 0 Å². The Morgan fingerprint density at radius 3 is 2.66 bits per heavy atom. The number of likely N-dealkylation sites (N-methyl/N-ethyl adjacent to an activating group) is 1. The number of aryl methyl sites for hydroxylation is 2. The minimum absolute atomic E-state index is 0.0168. The number of nitrogens with zero attached hydrogens (tertiary/aromatic N) is 5. The SMILES string of the molecule is CCN(CC)C(CNC(=O)c1nc2nc(C)cc(C)n2n1)c1cccc(OC)c1. The fourth-order valence-corrected chi connectivity index (χ4v) is 3.50. The number of methoxy groups -OCH3 is 1. The molecule has 154 valence electrons. The maximum atomic E-state index is 12.7. The Hall–Kier alpha value is -3.00. The van der Waals surface area contributed by atoms with Crippen LogP contribution in [-0.4, -0.2) is 57.1 Å². The first kappa shape index (κ1) is 20.7. The number of carbonyl (C=O) groups is 1. The molecule has 2 heterocycles. The highest BCUT2D eigenvalue weighted by Gasteiger charge is 2.21. The lowest BCUT2D eigenvalue weighted by Gasteiger charge is -2.30. The van der Waals surface area contributed by atoms with Gasteiger partial charge in [-0.25, -0.2) is 9.50 Å². The quantitative estimate of drug-likeness (QED) is 0.630. The van der Waals surface area contributed by atoms with Crippen molar-refractivity contribution in [2.24, 2.45) is 0 Å². The van der Waals surface area contributed by atoms with Gasteiger partial charge in [0, 0.05) is 17.9 Å². The van der Waals surface area contributed by atoms with Gasteiger partial charge in [-0.2, -0.15) is 4.98 Å². The maximum Gasteiger partial charge on any atom is 0.291 e. The zero-order chi connectivity index (χ0) is 21.0. The smallest absolute Gasteiger partial charge is 0.291 e. The van der Waals surface area contributed by atoms with Crippen molar-refractivity contribution < 1.29 is 9.53 Å². The van der Waals surface area contributed by atoms with E-state index in [4.69, 9.17) is 4.74 Å². The van der Waals surface area contributed by atoms with Crippen LogP contribution in [0.5, 0.6) is 5.75 Å². The Labute approximate surface area is 170 Å². The van der Waals surface area contributed by atoms with Gasteiger partial charge in [-0.15, -0.1) is 5.10 Å². The van der Waals surface area contributed by atoms with E-state index in [-0.39, 0.29) is 17.8 Å². The van der Waals surface area contributed by atoms with Crippen molar-refractivity contribution in [2.45, 2.75) is 33.7 Å². The molecule has 3 rings (SSSR count). The molecule has 0 fully saturated rings. The van der Waals surface area contributed by atoms with Crippen molar-refractivity contribution in [2.75, 3.05) is 26.7 Å². The van der Waals surface area contributed by atoms with Gasteiger partial charge in [0.15, 0.2) is 0 Å². The number of benzene rings is 1. The van der Waals surface area contributed by atoms with Crippen molar-refractivity contribution in [3.05, 3.63) is 53.1 Å². The highest BCUT2D eigenvalue weighted by molar-refractivity contribution is 5.90. The van der Waals surface area contributed by atoms with Gasteiger partial charge in [-0.1, -0.05) is 26.0 Å². The van der Waals surface area contributed by atoms with Crippen molar-refractivity contribution in [3.63, 3.8) is 0 Å². The molecule has 3 aromatic rings. The van der Waals surface area contributed by atoms with Gasteiger partial charge in [0.25, 0.3) is 11.7 Å². The van der Waals surface area contributed by atoms with Gasteiger partial charge >= 0.3 is 0 Å². The number of fused-ring (bicyclic) bond motifs is 1. The van der Waals surface area contributed by atoms with E-state index in [1.54, 1.807) is 11.6 Å². The molecule has 2 aromatic heterocycles. The van der Waals surface area contributed by atoms with Crippen LogP contribution in [0.15, 0.2) is 30.3 Å². The van der Waals surface area contributed by atoms with Crippen LogP contribution < -0.4 is 10.1 Å². The maximum absolute atomic E-state index is 12.7. The molecule has 0 spiro atoms. The van der Waals surface area contributed by atoms with Gasteiger partial charge in [-0.05, 0) is 50.7 Å². The third kappa shape index (κ3) is 4.54. The standard InChI is InChI=1S/C21H28N6O2/c1-6-26(7-2)18(16-9-8-10-17(12-16)29-5)13-22-20(28)19-24-21-23-14(3)11-15(4)27(21)25-19/h8-12,18H,6-7,13H2,1-5H3,(H,22,28). The van der Waals surface area contributed by atoms with Crippen LogP contribution in [0.2, 0.25) is 0 Å². The fourth-order valence-electron chi connectivity index (χ4n) is 3.50. The Morgan fingerprint density at radius 2 is 1.97 bits per heavy atom. The molecule has 0 aliphatic carbocycles. The Kier molecular flexibility index (Phi) is 6.43. The predicted octanol–water partition coefficient (Wildman–Crippen LogP) is 2.56. The molecule has 0 aliphatic rings. The van der Waals surface area contributed by atoms with E-state index in [2.05, 4.69) is 45.2 Å². The number of amides is 1. The van der Waals surface area contributed by atoms with Crippen LogP contribution in [0.3, 0.4) is 0 Å². The van der Waals surface area contributed by atoms with Gasteiger partial charge in [0.1, 0.15) is 5.75 Å². The Morgan fingerprint density at radius 1 is 1.21 bits per heavy atom. The summed E-state index contributed by atoms with van der Waals surface area (Å²) in [5.41, 5.74) is 2.81. The third-order valence-electron chi connectivity index (χ3n) is 5.01. The number of aromatic nitrogens is 4. The first-order valence-electron chi connectivity index (χ1n) is 9.84. The highest BCUT2D eigenvalue weighted by Crippen LogP contribution is 2.24. The van der Waals surface area contributed by atoms with Crippen LogP contribution in [0.1, 0.15) is 47.5 Å². The van der Waals surface area contributed by atoms with Crippen molar-refractivity contribution in [1.82, 2.24) is 29.8 Å². The lowest BCUT2D eigenvalue weighted by atomic mass is 10.0. The van der Waals surface area contributed by atoms with Gasteiger partial charge < -0.3 is 10.1 Å². The molecule has 1 amide bonds. The molecule has 29 heavy (non-hydrogen) atoms. The molecule has 0 bridgehead atoms. The minimum Gasteiger partial charge on any atom is -0.497 e. The van der Waals surface area contributed by atoms with E-state index >= 15 is 0 Å². The molecule has 0 radical (unpaired) electrons. The molecule has 0 saturated heterocycles. The molecule has 8 nitrogen and oxygen atoms in total. The number of rotatable bonds is 8. The number of hydrogen-bond donors (Lipinski definition) is 1. The monoisotopic (exact) mass is 396 g/mol. The second-order valence-electron chi connectivity index (χ2n) is 6.91. The second kappa shape index (κ2) is 9.00. The number of carbonyl (C=O) groups excluding carboxylic acids is 1. The highest BCUT2D eigenvalue weighted by atomic mass is 16.5. The van der Waals surface area contributed by atoms with E-state index in [1.165, 1.54) is 0 Å². The van der Waals surface area contributed by atoms with Gasteiger partial charge in [0.05, 0.1) is 13.2 Å². The van der Waals surface area contributed by atoms with Crippen LogP contribution in [-0.2, 0) is 0 Å². The van der Waals surface area contributed by atoms with E-state index in [1.807, 2.05) is 38.1 Å². The van der Waals surface area contributed by atoms with Gasteiger partial charge in [-0.3, -0.25) is 9.69 Å². The predicted molar refractivity (Wildman–Crippen MR) is 111 cm³/mol. The largest absolute Gasteiger partial charge is 0.497 e. The summed E-state index contributed by atoms with van der Waals surface area (Å²) >= 11 is 0. The first-order valence-corrected chi connectivity index (χ1v) is 9.84. The number of nitrogens with one attached hydrogen (secondary N) is 1. The topological polar surface area (TPSA) is 84.7 Å². The molecule has 1 unspecified atom stereocenters. The van der Waals surface area contributed by atoms with E-state index in [0.29, 0.717) is 12.3 Å². The summed E-state index contributed by atoms with van der Waals surface area (Å²) < 4.78 is 6.96. The second-order valence-corrected chi connectivity index (χ2v) is 6.91. The number of ether oxygens (including phenoxy) is 1. The summed E-state index contributed by atoms with van der Waals surface area (Å²) in [6, 6.07) is 9.86. The lowest BCUT2D eigenvalue weighted by Crippen LogP contribution is -2.38. The average Bonchev–Trinajstić information content (AvgIpc) is 3.15. The number of hydrogen-bond acceptors (Lipinski definition) is 6. The first-order chi connectivity index (χ1) is 14.0. The molecule has 1 N–H and O–H groups in total. The zero-order valence-electron chi connectivity index (χ0n) is 17.6. The molecule has 1 aromatic carbocycles. The summed E-state index contributed by atoms with van der Waals surface area (Å²) in [6.07, 6.45) is 0. The Balaban J connectivity index is 1.81. The van der Waals surface area contributed by atoms with Crippen LogP contribution in [0.25, 0.3) is 5.78 Å². The molecule has 8 heteroatoms. The van der Waals surface area contributed by atoms with Gasteiger partial charge in [0.2, 0.25) is 5.82 Å². The molecule has 1 atom stereocenters. The Bertz CT molecular complexity index is 996. The summed E-state index contributed by atoms with van der Waals surface area (Å²) in [4.78, 5) is 23.7. The summed E-state index contributed by atoms with van der Waals surface area (Å²) in [5, 5.41) is 7.31. The summed E-state index contributed by atoms with van der Waals surface area (Å²) in [7, 11) is 1.65. The molecular formula is C21H28N6O2.